The molecule has 0 unspecified atom stereocenters. The second-order valence-electron chi connectivity index (χ2n) is 4.49. The van der Waals surface area contributed by atoms with Crippen LogP contribution in [0.3, 0.4) is 0 Å². The first-order valence-corrected chi connectivity index (χ1v) is 7.09. The summed E-state index contributed by atoms with van der Waals surface area (Å²) in [6.07, 6.45) is 7.11. The Morgan fingerprint density at radius 2 is 1.68 bits per heavy atom. The topological polar surface area (TPSA) is 78.9 Å². The van der Waals surface area contributed by atoms with Crippen molar-refractivity contribution >= 4 is 12.0 Å². The van der Waals surface area contributed by atoms with Gasteiger partial charge in [0.1, 0.15) is 0 Å². The largest absolute Gasteiger partial charge is 0.376 e. The zero-order valence-corrected chi connectivity index (χ0v) is 12.0. The number of urea groups is 1. The zero-order valence-electron chi connectivity index (χ0n) is 12.0. The number of carbonyl (C=O) groups is 2. The summed E-state index contributed by atoms with van der Waals surface area (Å²) in [5, 5.41) is 11.7. The standard InChI is InChI=1S/C13H26N2O4/c1-3-5-7-8-9-11-14-13(17)15(18)19-12(16)10-6-4-2/h18H,3-11H2,1-2H3,(H,14,17). The number of hydrogen-bond acceptors (Lipinski definition) is 4. The van der Waals surface area contributed by atoms with Crippen molar-refractivity contribution in [1.29, 1.82) is 0 Å². The highest BCUT2D eigenvalue weighted by atomic mass is 16.9. The molecule has 0 saturated heterocycles. The molecule has 0 aliphatic heterocycles. The first-order valence-electron chi connectivity index (χ1n) is 7.09. The lowest BCUT2D eigenvalue weighted by Crippen LogP contribution is -2.39. The Hall–Kier alpha value is -1.30. The van der Waals surface area contributed by atoms with Crippen LogP contribution in [0.1, 0.15) is 65.2 Å². The third-order valence-corrected chi connectivity index (χ3v) is 2.65. The van der Waals surface area contributed by atoms with Gasteiger partial charge in [0.05, 0.1) is 0 Å². The van der Waals surface area contributed by atoms with Gasteiger partial charge in [-0.1, -0.05) is 46.0 Å². The summed E-state index contributed by atoms with van der Waals surface area (Å²) in [5.74, 6) is -0.609. The lowest BCUT2D eigenvalue weighted by molar-refractivity contribution is -0.278. The maximum absolute atomic E-state index is 11.3. The fraction of sp³-hybridized carbons (Fsp3) is 0.846. The minimum atomic E-state index is -0.805. The molecule has 0 spiro atoms. The molecule has 0 aliphatic rings. The van der Waals surface area contributed by atoms with E-state index in [-0.39, 0.29) is 11.6 Å². The van der Waals surface area contributed by atoms with Crippen LogP contribution in [0.4, 0.5) is 4.79 Å². The molecule has 6 heteroatoms. The van der Waals surface area contributed by atoms with E-state index < -0.39 is 12.0 Å². The molecule has 2 N–H and O–H groups in total. The van der Waals surface area contributed by atoms with E-state index in [1.54, 1.807) is 0 Å². The van der Waals surface area contributed by atoms with E-state index in [4.69, 9.17) is 0 Å². The number of amides is 2. The summed E-state index contributed by atoms with van der Waals surface area (Å²) in [6, 6.07) is -0.805. The van der Waals surface area contributed by atoms with Gasteiger partial charge in [0.15, 0.2) is 0 Å². The van der Waals surface area contributed by atoms with Gasteiger partial charge in [0.25, 0.3) is 0 Å². The molecule has 112 valence electrons. The van der Waals surface area contributed by atoms with Gasteiger partial charge in [-0.25, -0.2) is 9.59 Å². The number of nitrogens with one attached hydrogen (secondary N) is 1. The third kappa shape index (κ3) is 10.3. The number of hydrogen-bond donors (Lipinski definition) is 2. The Balaban J connectivity index is 3.61. The fourth-order valence-electron chi connectivity index (χ4n) is 1.50. The van der Waals surface area contributed by atoms with Gasteiger partial charge < -0.3 is 10.2 Å². The Kier molecular flexibility index (Phi) is 11.0. The lowest BCUT2D eigenvalue weighted by Gasteiger charge is -2.14. The number of carbonyl (C=O) groups excluding carboxylic acids is 2. The molecule has 0 radical (unpaired) electrons. The molecule has 19 heavy (non-hydrogen) atoms. The molecule has 6 nitrogen and oxygen atoms in total. The average molecular weight is 274 g/mol. The van der Waals surface area contributed by atoms with Crippen LogP contribution < -0.4 is 5.32 Å². The van der Waals surface area contributed by atoms with Gasteiger partial charge in [0, 0.05) is 13.0 Å². The van der Waals surface area contributed by atoms with Crippen molar-refractivity contribution in [3.05, 3.63) is 0 Å². The highest BCUT2D eigenvalue weighted by Gasteiger charge is 2.15. The predicted molar refractivity (Wildman–Crippen MR) is 71.4 cm³/mol. The van der Waals surface area contributed by atoms with Crippen LogP contribution in [-0.4, -0.2) is 29.0 Å². The summed E-state index contributed by atoms with van der Waals surface area (Å²) >= 11 is 0. The fourth-order valence-corrected chi connectivity index (χ4v) is 1.50. The molecule has 0 aromatic rings. The normalized spacial score (nSPS) is 10.1. The van der Waals surface area contributed by atoms with Crippen LogP contribution in [0.2, 0.25) is 0 Å². The van der Waals surface area contributed by atoms with Crippen LogP contribution in [0.5, 0.6) is 0 Å². The highest BCUT2D eigenvalue weighted by Crippen LogP contribution is 2.02. The summed E-state index contributed by atoms with van der Waals surface area (Å²) in [7, 11) is 0. The lowest BCUT2D eigenvalue weighted by atomic mass is 10.1. The molecule has 0 bridgehead atoms. The van der Waals surface area contributed by atoms with Crippen LogP contribution in [0.25, 0.3) is 0 Å². The van der Waals surface area contributed by atoms with Crippen LogP contribution >= 0.6 is 0 Å². The summed E-state index contributed by atoms with van der Waals surface area (Å²) < 4.78 is 0. The van der Waals surface area contributed by atoms with Gasteiger partial charge in [-0.15, -0.1) is 0 Å². The van der Waals surface area contributed by atoms with Crippen molar-refractivity contribution < 1.29 is 19.6 Å². The molecule has 0 saturated carbocycles. The molecular formula is C13H26N2O4. The van der Waals surface area contributed by atoms with Gasteiger partial charge in [-0.3, -0.25) is 5.21 Å². The molecule has 2 amide bonds. The molecule has 0 fully saturated rings. The minimum Gasteiger partial charge on any atom is -0.334 e. The minimum absolute atomic E-state index is 0.0238. The third-order valence-electron chi connectivity index (χ3n) is 2.65. The number of nitrogens with zero attached hydrogens (tertiary/aromatic N) is 1. The van der Waals surface area contributed by atoms with E-state index in [0.717, 1.165) is 25.7 Å². The van der Waals surface area contributed by atoms with E-state index in [9.17, 15) is 14.8 Å². The van der Waals surface area contributed by atoms with Crippen molar-refractivity contribution in [2.75, 3.05) is 6.54 Å². The van der Waals surface area contributed by atoms with Gasteiger partial charge in [-0.2, -0.15) is 0 Å². The average Bonchev–Trinajstić information content (AvgIpc) is 2.40. The second kappa shape index (κ2) is 11.8. The maximum atomic E-state index is 11.3. The van der Waals surface area contributed by atoms with E-state index in [2.05, 4.69) is 17.1 Å². The van der Waals surface area contributed by atoms with Crippen LogP contribution in [0.15, 0.2) is 0 Å². The van der Waals surface area contributed by atoms with Gasteiger partial charge in [-0.05, 0) is 18.1 Å². The van der Waals surface area contributed by atoms with Crippen molar-refractivity contribution in [2.24, 2.45) is 0 Å². The van der Waals surface area contributed by atoms with Crippen LogP contribution in [0, 0.1) is 0 Å². The first kappa shape index (κ1) is 17.7. The van der Waals surface area contributed by atoms with E-state index in [1.807, 2.05) is 6.92 Å². The Morgan fingerprint density at radius 1 is 1.05 bits per heavy atom. The highest BCUT2D eigenvalue weighted by molar-refractivity contribution is 5.75. The Morgan fingerprint density at radius 3 is 2.32 bits per heavy atom. The van der Waals surface area contributed by atoms with Crippen molar-refractivity contribution in [2.45, 2.75) is 65.2 Å². The molecule has 0 rings (SSSR count). The smallest absolute Gasteiger partial charge is 0.334 e. The van der Waals surface area contributed by atoms with Crippen LogP contribution in [-0.2, 0) is 9.63 Å². The SMILES string of the molecule is CCCCCCCNC(=O)N(O)OC(=O)CCCC. The summed E-state index contributed by atoms with van der Waals surface area (Å²) in [5.41, 5.74) is 0. The zero-order chi connectivity index (χ0) is 14.5. The molecule has 0 aromatic carbocycles. The van der Waals surface area contributed by atoms with Crippen molar-refractivity contribution in [1.82, 2.24) is 10.5 Å². The monoisotopic (exact) mass is 274 g/mol. The Bertz CT molecular complexity index is 259. The van der Waals surface area contributed by atoms with E-state index in [0.29, 0.717) is 13.0 Å². The maximum Gasteiger partial charge on any atom is 0.376 e. The number of unbranched alkanes of at least 4 members (excludes halogenated alkanes) is 5. The first-order chi connectivity index (χ1) is 9.11. The predicted octanol–water partition coefficient (Wildman–Crippen LogP) is 3.01. The molecule has 0 aromatic heterocycles. The van der Waals surface area contributed by atoms with E-state index in [1.165, 1.54) is 12.8 Å². The van der Waals surface area contributed by atoms with Gasteiger partial charge >= 0.3 is 12.0 Å². The molecule has 0 aliphatic carbocycles. The van der Waals surface area contributed by atoms with Crippen molar-refractivity contribution in [3.63, 3.8) is 0 Å². The second-order valence-corrected chi connectivity index (χ2v) is 4.49. The molecule has 0 atom stereocenters. The summed E-state index contributed by atoms with van der Waals surface area (Å²) in [6.45, 7) is 4.54. The molecular weight excluding hydrogens is 248 g/mol. The van der Waals surface area contributed by atoms with Crippen molar-refractivity contribution in [3.8, 4) is 0 Å². The summed E-state index contributed by atoms with van der Waals surface area (Å²) in [4.78, 5) is 26.9. The number of hydroxylamine groups is 2. The molecule has 0 heterocycles. The quantitative estimate of drug-likeness (QED) is 0.385. The van der Waals surface area contributed by atoms with E-state index >= 15 is 0 Å². The Labute approximate surface area is 115 Å². The number of rotatable bonds is 9. The van der Waals surface area contributed by atoms with Gasteiger partial charge in [0.2, 0.25) is 0 Å².